The van der Waals surface area contributed by atoms with Gasteiger partial charge in [-0.3, -0.25) is 0 Å². The number of nitrogens with two attached hydrogens (primary N) is 1. The lowest BCUT2D eigenvalue weighted by Gasteiger charge is -2.26. The Kier molecular flexibility index (Phi) is 4.59. The minimum absolute atomic E-state index is 0.241. The average molecular weight is 233 g/mol. The number of hydrogen-bond donors (Lipinski definition) is 1. The van der Waals surface area contributed by atoms with E-state index in [1.165, 1.54) is 0 Å². The smallest absolute Gasteiger partial charge is 0.152 e. The van der Waals surface area contributed by atoms with E-state index in [2.05, 4.69) is 0 Å². The summed E-state index contributed by atoms with van der Waals surface area (Å²) < 4.78 is 23.2. The summed E-state index contributed by atoms with van der Waals surface area (Å²) in [4.78, 5) is 0. The van der Waals surface area contributed by atoms with Crippen molar-refractivity contribution in [2.75, 3.05) is 5.75 Å². The van der Waals surface area contributed by atoms with Gasteiger partial charge in [-0.15, -0.1) is 0 Å². The van der Waals surface area contributed by atoms with E-state index >= 15 is 0 Å². The summed E-state index contributed by atoms with van der Waals surface area (Å²) in [6.07, 6.45) is 5.23. The Labute approximate surface area is 93.3 Å². The van der Waals surface area contributed by atoms with E-state index in [1.54, 1.807) is 13.8 Å². The van der Waals surface area contributed by atoms with Crippen LogP contribution in [0.15, 0.2) is 0 Å². The topological polar surface area (TPSA) is 60.2 Å². The molecule has 0 bridgehead atoms. The molecule has 90 valence electrons. The summed E-state index contributed by atoms with van der Waals surface area (Å²) >= 11 is 0. The second-order valence-corrected chi connectivity index (χ2v) is 7.67. The molecule has 0 heterocycles. The van der Waals surface area contributed by atoms with Crippen LogP contribution in [0.5, 0.6) is 0 Å². The molecule has 0 aromatic carbocycles. The first kappa shape index (κ1) is 13.0. The van der Waals surface area contributed by atoms with Crippen molar-refractivity contribution >= 4 is 9.84 Å². The van der Waals surface area contributed by atoms with Crippen molar-refractivity contribution in [3.63, 3.8) is 0 Å². The predicted octanol–water partition coefficient (Wildman–Crippen LogP) is 1.72. The van der Waals surface area contributed by atoms with E-state index in [1.807, 2.05) is 0 Å². The van der Waals surface area contributed by atoms with E-state index in [9.17, 15) is 8.42 Å². The van der Waals surface area contributed by atoms with Crippen LogP contribution in [0.25, 0.3) is 0 Å². The molecule has 3 nitrogen and oxygen atoms in total. The summed E-state index contributed by atoms with van der Waals surface area (Å²) in [5.74, 6) is 0.865. The van der Waals surface area contributed by atoms with Gasteiger partial charge < -0.3 is 5.73 Å². The maximum Gasteiger partial charge on any atom is 0.152 e. The minimum atomic E-state index is -2.86. The van der Waals surface area contributed by atoms with Gasteiger partial charge in [-0.2, -0.15) is 0 Å². The highest BCUT2D eigenvalue weighted by Gasteiger charge is 2.22. The molecule has 0 radical (unpaired) electrons. The third-order valence-corrected chi connectivity index (χ3v) is 5.59. The summed E-state index contributed by atoms with van der Waals surface area (Å²) in [5, 5.41) is -0.241. The summed E-state index contributed by atoms with van der Waals surface area (Å²) in [6, 6.07) is 0.297. The lowest BCUT2D eigenvalue weighted by atomic mass is 9.85. The van der Waals surface area contributed by atoms with Crippen molar-refractivity contribution in [1.29, 1.82) is 0 Å². The highest BCUT2D eigenvalue weighted by Crippen LogP contribution is 2.26. The molecule has 1 aliphatic rings. The molecule has 1 rings (SSSR count). The maximum absolute atomic E-state index is 11.6. The van der Waals surface area contributed by atoms with E-state index in [-0.39, 0.29) is 5.25 Å². The Morgan fingerprint density at radius 3 is 2.53 bits per heavy atom. The van der Waals surface area contributed by atoms with E-state index in [4.69, 9.17) is 5.73 Å². The van der Waals surface area contributed by atoms with Crippen LogP contribution in [-0.4, -0.2) is 25.5 Å². The first-order valence-electron chi connectivity index (χ1n) is 5.89. The van der Waals surface area contributed by atoms with Gasteiger partial charge in [0, 0.05) is 6.04 Å². The Morgan fingerprint density at radius 1 is 1.33 bits per heavy atom. The standard InChI is InChI=1S/C11H23NO2S/c1-9(2)15(13,14)7-6-10-4-3-5-11(12)8-10/h9-11H,3-8,12H2,1-2H3. The molecular weight excluding hydrogens is 210 g/mol. The van der Waals surface area contributed by atoms with Gasteiger partial charge in [-0.05, 0) is 39.0 Å². The van der Waals surface area contributed by atoms with Gasteiger partial charge in [-0.1, -0.05) is 12.8 Å². The number of hydrogen-bond acceptors (Lipinski definition) is 3. The van der Waals surface area contributed by atoms with Crippen LogP contribution in [0.2, 0.25) is 0 Å². The number of rotatable bonds is 4. The third-order valence-electron chi connectivity index (χ3n) is 3.35. The van der Waals surface area contributed by atoms with Gasteiger partial charge >= 0.3 is 0 Å². The van der Waals surface area contributed by atoms with E-state index < -0.39 is 9.84 Å². The van der Waals surface area contributed by atoms with Crippen LogP contribution >= 0.6 is 0 Å². The molecule has 0 saturated heterocycles. The van der Waals surface area contributed by atoms with Crippen LogP contribution in [-0.2, 0) is 9.84 Å². The zero-order valence-corrected chi connectivity index (χ0v) is 10.6. The highest BCUT2D eigenvalue weighted by molar-refractivity contribution is 7.91. The number of sulfone groups is 1. The Hall–Kier alpha value is -0.0900. The lowest BCUT2D eigenvalue weighted by Crippen LogP contribution is -2.29. The van der Waals surface area contributed by atoms with Gasteiger partial charge in [0.05, 0.1) is 11.0 Å². The molecule has 1 aliphatic carbocycles. The molecule has 0 amide bonds. The fraction of sp³-hybridized carbons (Fsp3) is 1.00. The van der Waals surface area contributed by atoms with Gasteiger partial charge in [0.1, 0.15) is 0 Å². The fourth-order valence-corrected chi connectivity index (χ4v) is 3.29. The molecule has 2 unspecified atom stereocenters. The van der Waals surface area contributed by atoms with Crippen molar-refractivity contribution in [3.05, 3.63) is 0 Å². The Morgan fingerprint density at radius 2 is 2.00 bits per heavy atom. The Bertz CT molecular complexity index is 285. The lowest BCUT2D eigenvalue weighted by molar-refractivity contribution is 0.315. The molecule has 0 aromatic rings. The quantitative estimate of drug-likeness (QED) is 0.804. The molecule has 2 N–H and O–H groups in total. The first-order valence-corrected chi connectivity index (χ1v) is 7.60. The maximum atomic E-state index is 11.6. The molecule has 1 fully saturated rings. The van der Waals surface area contributed by atoms with E-state index in [0.717, 1.165) is 32.1 Å². The summed E-state index contributed by atoms with van der Waals surface area (Å²) in [7, 11) is -2.86. The van der Waals surface area contributed by atoms with Crippen molar-refractivity contribution in [2.24, 2.45) is 11.7 Å². The van der Waals surface area contributed by atoms with Crippen LogP contribution in [0.4, 0.5) is 0 Å². The molecule has 4 heteroatoms. The van der Waals surface area contributed by atoms with Gasteiger partial charge in [0.25, 0.3) is 0 Å². The average Bonchev–Trinajstić information content (AvgIpc) is 2.15. The molecule has 0 aromatic heterocycles. The zero-order valence-electron chi connectivity index (χ0n) is 9.78. The van der Waals surface area contributed by atoms with Crippen LogP contribution in [0.3, 0.4) is 0 Å². The van der Waals surface area contributed by atoms with Crippen molar-refractivity contribution in [1.82, 2.24) is 0 Å². The van der Waals surface area contributed by atoms with Crippen molar-refractivity contribution < 1.29 is 8.42 Å². The van der Waals surface area contributed by atoms with Gasteiger partial charge in [-0.25, -0.2) is 8.42 Å². The summed E-state index contributed by atoms with van der Waals surface area (Å²) in [5.41, 5.74) is 5.87. The molecule has 0 aliphatic heterocycles. The van der Waals surface area contributed by atoms with E-state index in [0.29, 0.717) is 17.7 Å². The predicted molar refractivity (Wildman–Crippen MR) is 63.5 cm³/mol. The zero-order chi connectivity index (χ0) is 11.5. The normalized spacial score (nSPS) is 28.3. The first-order chi connectivity index (χ1) is 6.92. The Balaban J connectivity index is 2.37. The van der Waals surface area contributed by atoms with Gasteiger partial charge in [0.15, 0.2) is 9.84 Å². The van der Waals surface area contributed by atoms with Crippen LogP contribution < -0.4 is 5.73 Å². The molecule has 2 atom stereocenters. The monoisotopic (exact) mass is 233 g/mol. The molecule has 0 spiro atoms. The minimum Gasteiger partial charge on any atom is -0.328 e. The van der Waals surface area contributed by atoms with Crippen molar-refractivity contribution in [3.8, 4) is 0 Å². The van der Waals surface area contributed by atoms with Crippen LogP contribution in [0.1, 0.15) is 46.0 Å². The molecular formula is C11H23NO2S. The highest BCUT2D eigenvalue weighted by atomic mass is 32.2. The molecule has 1 saturated carbocycles. The largest absolute Gasteiger partial charge is 0.328 e. The fourth-order valence-electron chi connectivity index (χ4n) is 2.16. The summed E-state index contributed by atoms with van der Waals surface area (Å²) in [6.45, 7) is 3.50. The second-order valence-electron chi connectivity index (χ2n) is 5.00. The molecule has 15 heavy (non-hydrogen) atoms. The van der Waals surface area contributed by atoms with Crippen molar-refractivity contribution in [2.45, 2.75) is 57.2 Å². The van der Waals surface area contributed by atoms with Gasteiger partial charge in [0.2, 0.25) is 0 Å². The van der Waals surface area contributed by atoms with Crippen LogP contribution in [0, 0.1) is 5.92 Å². The third kappa shape index (κ3) is 4.11. The second kappa shape index (κ2) is 5.30. The SMILES string of the molecule is CC(C)S(=O)(=O)CCC1CCCC(N)C1.